The Kier molecular flexibility index (Phi) is 5.86. The molecule has 0 aliphatic carbocycles. The third kappa shape index (κ3) is 4.62. The van der Waals surface area contributed by atoms with Crippen LogP contribution < -0.4 is 10.7 Å². The summed E-state index contributed by atoms with van der Waals surface area (Å²) in [6, 6.07) is 7.08. The van der Waals surface area contributed by atoms with E-state index in [4.69, 9.17) is 23.8 Å². The van der Waals surface area contributed by atoms with E-state index in [2.05, 4.69) is 20.8 Å². The predicted molar refractivity (Wildman–Crippen MR) is 95.0 cm³/mol. The number of nitrogens with zero attached hydrogens (tertiary/aromatic N) is 2. The van der Waals surface area contributed by atoms with Crippen molar-refractivity contribution in [1.82, 2.24) is 10.4 Å². The van der Waals surface area contributed by atoms with E-state index in [9.17, 15) is 10.2 Å². The minimum absolute atomic E-state index is 0.0316. The van der Waals surface area contributed by atoms with Crippen LogP contribution in [0.15, 0.2) is 35.6 Å². The van der Waals surface area contributed by atoms with Gasteiger partial charge >= 0.3 is 0 Å². The van der Waals surface area contributed by atoms with Crippen LogP contribution in [0.5, 0.6) is 5.75 Å². The Bertz CT molecular complexity index is 752. The summed E-state index contributed by atoms with van der Waals surface area (Å²) < 4.78 is 0. The number of thiocarbonyl (C=S) groups is 1. The highest BCUT2D eigenvalue weighted by Crippen LogP contribution is 2.21. The van der Waals surface area contributed by atoms with E-state index in [1.54, 1.807) is 25.1 Å². The molecule has 0 radical (unpaired) electrons. The van der Waals surface area contributed by atoms with Gasteiger partial charge in [-0.1, -0.05) is 17.7 Å². The lowest BCUT2D eigenvalue weighted by molar-refractivity contribution is 0.280. The van der Waals surface area contributed by atoms with Crippen LogP contribution in [-0.4, -0.2) is 26.5 Å². The molecule has 0 aliphatic heterocycles. The Morgan fingerprint density at radius 1 is 1.48 bits per heavy atom. The monoisotopic (exact) mass is 350 g/mol. The van der Waals surface area contributed by atoms with Crippen molar-refractivity contribution < 1.29 is 10.2 Å². The van der Waals surface area contributed by atoms with Gasteiger partial charge in [-0.15, -0.1) is 0 Å². The zero-order valence-corrected chi connectivity index (χ0v) is 13.8. The Labute approximate surface area is 143 Å². The summed E-state index contributed by atoms with van der Waals surface area (Å²) in [7, 11) is 0. The van der Waals surface area contributed by atoms with Gasteiger partial charge in [0.1, 0.15) is 5.75 Å². The number of aliphatic hydroxyl groups is 1. The van der Waals surface area contributed by atoms with Gasteiger partial charge in [-0.2, -0.15) is 5.10 Å². The Morgan fingerprint density at radius 3 is 2.96 bits per heavy atom. The quantitative estimate of drug-likeness (QED) is 0.385. The standard InChI is InChI=1S/C15H15ClN4O2S/c1-9-14(22)13(10(8-21)6-17-9)7-18-20-15(23)19-12-4-2-3-11(16)5-12/h2-7,21-22H,8H2,1H3,(H2,19,20,23)/b18-7-. The summed E-state index contributed by atoms with van der Waals surface area (Å²) in [5.41, 5.74) is 4.66. The van der Waals surface area contributed by atoms with Crippen LogP contribution in [-0.2, 0) is 6.61 Å². The smallest absolute Gasteiger partial charge is 0.191 e. The van der Waals surface area contributed by atoms with Crippen molar-refractivity contribution in [3.05, 3.63) is 52.3 Å². The van der Waals surface area contributed by atoms with E-state index < -0.39 is 0 Å². The van der Waals surface area contributed by atoms with Crippen molar-refractivity contribution in [3.63, 3.8) is 0 Å². The summed E-state index contributed by atoms with van der Waals surface area (Å²) in [5.74, 6) is -0.0316. The first kappa shape index (κ1) is 17.1. The number of pyridine rings is 1. The Hall–Kier alpha value is -2.22. The minimum atomic E-state index is -0.257. The van der Waals surface area contributed by atoms with Crippen LogP contribution >= 0.6 is 23.8 Å². The second-order valence-corrected chi connectivity index (χ2v) is 5.47. The summed E-state index contributed by atoms with van der Waals surface area (Å²) in [4.78, 5) is 3.97. The lowest BCUT2D eigenvalue weighted by atomic mass is 10.1. The number of anilines is 1. The number of nitrogens with one attached hydrogen (secondary N) is 2. The number of halogens is 1. The van der Waals surface area contributed by atoms with Gasteiger partial charge in [0.05, 0.1) is 18.5 Å². The molecule has 1 heterocycles. The number of aryl methyl sites for hydroxylation is 1. The van der Waals surface area contributed by atoms with Gasteiger partial charge in [0.2, 0.25) is 0 Å². The topological polar surface area (TPSA) is 89.8 Å². The van der Waals surface area contributed by atoms with Crippen molar-refractivity contribution >= 4 is 40.8 Å². The molecule has 0 amide bonds. The fraction of sp³-hybridized carbons (Fsp3) is 0.133. The highest BCUT2D eigenvalue weighted by atomic mass is 35.5. The molecule has 2 rings (SSSR count). The van der Waals surface area contributed by atoms with E-state index in [0.29, 0.717) is 21.8 Å². The van der Waals surface area contributed by atoms with E-state index in [-0.39, 0.29) is 17.5 Å². The summed E-state index contributed by atoms with van der Waals surface area (Å²) in [6.45, 7) is 1.40. The summed E-state index contributed by atoms with van der Waals surface area (Å²) >= 11 is 11.0. The van der Waals surface area contributed by atoms with Crippen molar-refractivity contribution in [2.24, 2.45) is 5.10 Å². The molecule has 0 fully saturated rings. The Balaban J connectivity index is 2.04. The number of benzene rings is 1. The van der Waals surface area contributed by atoms with Gasteiger partial charge in [-0.05, 0) is 37.3 Å². The molecule has 0 unspecified atom stereocenters. The maximum atomic E-state index is 9.98. The van der Waals surface area contributed by atoms with Crippen LogP contribution in [0.2, 0.25) is 5.02 Å². The molecule has 0 bridgehead atoms. The second kappa shape index (κ2) is 7.87. The molecule has 0 saturated carbocycles. The molecule has 4 N–H and O–H groups in total. The predicted octanol–water partition coefficient (Wildman–Crippen LogP) is 2.56. The first-order valence-corrected chi connectivity index (χ1v) is 7.44. The van der Waals surface area contributed by atoms with Gasteiger partial charge < -0.3 is 15.5 Å². The summed E-state index contributed by atoms with van der Waals surface area (Å²) in [6.07, 6.45) is 2.86. The van der Waals surface area contributed by atoms with E-state index in [1.165, 1.54) is 12.4 Å². The van der Waals surface area contributed by atoms with Crippen LogP contribution in [0.25, 0.3) is 0 Å². The van der Waals surface area contributed by atoms with Crippen molar-refractivity contribution in [2.45, 2.75) is 13.5 Å². The zero-order valence-electron chi connectivity index (χ0n) is 12.2. The molecule has 6 nitrogen and oxygen atoms in total. The van der Waals surface area contributed by atoms with Gasteiger partial charge in [0.15, 0.2) is 5.11 Å². The number of hydrazone groups is 1. The maximum Gasteiger partial charge on any atom is 0.191 e. The first-order valence-electron chi connectivity index (χ1n) is 6.65. The lowest BCUT2D eigenvalue weighted by Crippen LogP contribution is -2.23. The van der Waals surface area contributed by atoms with Crippen LogP contribution in [0.1, 0.15) is 16.8 Å². The van der Waals surface area contributed by atoms with E-state index in [0.717, 1.165) is 5.69 Å². The average molecular weight is 351 g/mol. The number of aromatic nitrogens is 1. The van der Waals surface area contributed by atoms with Crippen molar-refractivity contribution in [3.8, 4) is 5.75 Å². The lowest BCUT2D eigenvalue weighted by Gasteiger charge is -2.09. The molecule has 23 heavy (non-hydrogen) atoms. The molecule has 8 heteroatoms. The highest BCUT2D eigenvalue weighted by Gasteiger charge is 2.09. The number of rotatable bonds is 4. The highest BCUT2D eigenvalue weighted by molar-refractivity contribution is 7.80. The van der Waals surface area contributed by atoms with Crippen LogP contribution in [0.3, 0.4) is 0 Å². The third-order valence-corrected chi connectivity index (χ3v) is 3.40. The molecule has 1 aromatic carbocycles. The van der Waals surface area contributed by atoms with Crippen LogP contribution in [0, 0.1) is 6.92 Å². The van der Waals surface area contributed by atoms with E-state index in [1.807, 2.05) is 6.07 Å². The molecule has 2 aromatic rings. The molecule has 0 atom stereocenters. The SMILES string of the molecule is Cc1ncc(CO)c(/C=N\NC(=S)Nc2cccc(Cl)c2)c1O. The minimum Gasteiger partial charge on any atom is -0.505 e. The van der Waals surface area contributed by atoms with Gasteiger partial charge in [-0.25, -0.2) is 0 Å². The number of hydrogen-bond donors (Lipinski definition) is 4. The normalized spacial score (nSPS) is 10.7. The molecule has 0 spiro atoms. The van der Waals surface area contributed by atoms with Gasteiger partial charge in [-0.3, -0.25) is 10.4 Å². The summed E-state index contributed by atoms with van der Waals surface area (Å²) in [5, 5.41) is 27.0. The number of aromatic hydroxyl groups is 1. The van der Waals surface area contributed by atoms with E-state index >= 15 is 0 Å². The van der Waals surface area contributed by atoms with Crippen LogP contribution in [0.4, 0.5) is 5.69 Å². The number of hydrogen-bond acceptors (Lipinski definition) is 5. The molecule has 1 aromatic heterocycles. The molecule has 0 aliphatic rings. The zero-order chi connectivity index (χ0) is 16.8. The molecular weight excluding hydrogens is 336 g/mol. The maximum absolute atomic E-state index is 9.98. The van der Waals surface area contributed by atoms with Crippen molar-refractivity contribution in [1.29, 1.82) is 0 Å². The first-order chi connectivity index (χ1) is 11.0. The van der Waals surface area contributed by atoms with Crippen molar-refractivity contribution in [2.75, 3.05) is 5.32 Å². The fourth-order valence-electron chi connectivity index (χ4n) is 1.80. The molecular formula is C15H15ClN4O2S. The second-order valence-electron chi connectivity index (χ2n) is 4.62. The molecule has 120 valence electrons. The third-order valence-electron chi connectivity index (χ3n) is 2.97. The fourth-order valence-corrected chi connectivity index (χ4v) is 2.16. The number of aliphatic hydroxyl groups excluding tert-OH is 1. The average Bonchev–Trinajstić information content (AvgIpc) is 2.51. The molecule has 0 saturated heterocycles. The largest absolute Gasteiger partial charge is 0.505 e. The van der Waals surface area contributed by atoms with Gasteiger partial charge in [0, 0.05) is 28.0 Å². The van der Waals surface area contributed by atoms with Gasteiger partial charge in [0.25, 0.3) is 0 Å². The Morgan fingerprint density at radius 2 is 2.26 bits per heavy atom.